The number of hydrogen-bond acceptors (Lipinski definition) is 1. The Kier molecular flexibility index (Phi) is 1.44. The fourth-order valence-electron chi connectivity index (χ4n) is 1.99. The molecule has 0 saturated carbocycles. The molecule has 2 aliphatic rings. The molecular formula is C11H15N. The molecule has 1 heterocycles. The third-order valence-electron chi connectivity index (χ3n) is 3.10. The highest BCUT2D eigenvalue weighted by molar-refractivity contribution is 5.34. The Hall–Kier alpha value is -0.980. The molecule has 64 valence electrons. The van der Waals surface area contributed by atoms with Gasteiger partial charge in [-0.1, -0.05) is 32.6 Å². The van der Waals surface area contributed by atoms with Crippen LogP contribution in [0.5, 0.6) is 0 Å². The van der Waals surface area contributed by atoms with Gasteiger partial charge in [0.15, 0.2) is 0 Å². The first-order valence-electron chi connectivity index (χ1n) is 4.45. The molecule has 0 spiro atoms. The molecular weight excluding hydrogens is 146 g/mol. The van der Waals surface area contributed by atoms with E-state index in [0.29, 0.717) is 5.92 Å². The van der Waals surface area contributed by atoms with Crippen LogP contribution in [0, 0.1) is 11.3 Å². The number of nitrogens with one attached hydrogen (secondary N) is 1. The van der Waals surface area contributed by atoms with Gasteiger partial charge in [-0.2, -0.15) is 0 Å². The Morgan fingerprint density at radius 2 is 2.33 bits per heavy atom. The van der Waals surface area contributed by atoms with Crippen molar-refractivity contribution in [3.05, 3.63) is 36.2 Å². The highest BCUT2D eigenvalue weighted by atomic mass is 15.0. The molecule has 1 atom stereocenters. The quantitative estimate of drug-likeness (QED) is 0.576. The van der Waals surface area contributed by atoms with Crippen LogP contribution in [-0.4, -0.2) is 0 Å². The standard InChI is InChI=1S/C11H15N/c1-8-11(2,3)9-6-4-5-7-10(9)12-8/h4-5,7,9,12H,1,6H2,2-3H3. The van der Waals surface area contributed by atoms with Crippen molar-refractivity contribution < 1.29 is 0 Å². The second kappa shape index (κ2) is 2.25. The fraction of sp³-hybridized carbons (Fsp3) is 0.455. The maximum absolute atomic E-state index is 4.05. The lowest BCUT2D eigenvalue weighted by atomic mass is 9.76. The molecule has 1 unspecified atom stereocenters. The van der Waals surface area contributed by atoms with E-state index < -0.39 is 0 Å². The smallest absolute Gasteiger partial charge is 0.0192 e. The average Bonchev–Trinajstić information content (AvgIpc) is 2.25. The molecule has 0 aromatic carbocycles. The van der Waals surface area contributed by atoms with Crippen LogP contribution >= 0.6 is 0 Å². The summed E-state index contributed by atoms with van der Waals surface area (Å²) in [6.07, 6.45) is 7.66. The number of rotatable bonds is 0. The molecule has 0 aromatic heterocycles. The number of allylic oxidation sites excluding steroid dienone is 5. The largest absolute Gasteiger partial charge is 0.362 e. The first-order chi connectivity index (χ1) is 5.62. The first kappa shape index (κ1) is 7.66. The Morgan fingerprint density at radius 1 is 1.58 bits per heavy atom. The number of hydrogen-bond donors (Lipinski definition) is 1. The minimum atomic E-state index is 0.219. The molecule has 1 heteroatoms. The van der Waals surface area contributed by atoms with Crippen molar-refractivity contribution in [1.29, 1.82) is 0 Å². The average molecular weight is 161 g/mol. The van der Waals surface area contributed by atoms with E-state index in [1.165, 1.54) is 5.70 Å². The van der Waals surface area contributed by atoms with Crippen molar-refractivity contribution in [3.8, 4) is 0 Å². The summed E-state index contributed by atoms with van der Waals surface area (Å²) in [6, 6.07) is 0. The van der Waals surface area contributed by atoms with Gasteiger partial charge in [-0.3, -0.25) is 0 Å². The van der Waals surface area contributed by atoms with Crippen molar-refractivity contribution in [2.45, 2.75) is 20.3 Å². The molecule has 0 aromatic rings. The summed E-state index contributed by atoms with van der Waals surface area (Å²) in [5, 5.41) is 3.36. The van der Waals surface area contributed by atoms with E-state index in [-0.39, 0.29) is 5.41 Å². The summed E-state index contributed by atoms with van der Waals surface area (Å²) in [4.78, 5) is 0. The summed E-state index contributed by atoms with van der Waals surface area (Å²) in [6.45, 7) is 8.57. The van der Waals surface area contributed by atoms with Crippen molar-refractivity contribution in [2.24, 2.45) is 11.3 Å². The van der Waals surface area contributed by atoms with Gasteiger partial charge in [0.1, 0.15) is 0 Å². The van der Waals surface area contributed by atoms with E-state index in [1.54, 1.807) is 0 Å². The summed E-state index contributed by atoms with van der Waals surface area (Å²) in [5.74, 6) is 0.620. The maximum Gasteiger partial charge on any atom is 0.0192 e. The lowest BCUT2D eigenvalue weighted by Crippen LogP contribution is -2.19. The van der Waals surface area contributed by atoms with Gasteiger partial charge in [-0.25, -0.2) is 0 Å². The molecule has 12 heavy (non-hydrogen) atoms. The van der Waals surface area contributed by atoms with E-state index in [9.17, 15) is 0 Å². The molecule has 0 radical (unpaired) electrons. The SMILES string of the molecule is C=C1NC2=CC=CCC2C1(C)C. The minimum Gasteiger partial charge on any atom is -0.362 e. The van der Waals surface area contributed by atoms with Gasteiger partial charge in [0.05, 0.1) is 0 Å². The highest BCUT2D eigenvalue weighted by Crippen LogP contribution is 2.46. The van der Waals surface area contributed by atoms with Crippen LogP contribution in [0.2, 0.25) is 0 Å². The third kappa shape index (κ3) is 0.857. The van der Waals surface area contributed by atoms with Crippen molar-refractivity contribution in [3.63, 3.8) is 0 Å². The van der Waals surface area contributed by atoms with Gasteiger partial charge >= 0.3 is 0 Å². The second-order valence-corrected chi connectivity index (χ2v) is 4.16. The molecule has 1 saturated heterocycles. The van der Waals surface area contributed by atoms with E-state index in [2.05, 4.69) is 44.0 Å². The van der Waals surface area contributed by atoms with Crippen LogP contribution in [0.4, 0.5) is 0 Å². The number of fused-ring (bicyclic) bond motifs is 1. The highest BCUT2D eigenvalue weighted by Gasteiger charge is 2.40. The summed E-state index contributed by atoms with van der Waals surface area (Å²) < 4.78 is 0. The van der Waals surface area contributed by atoms with Crippen molar-refractivity contribution >= 4 is 0 Å². The summed E-state index contributed by atoms with van der Waals surface area (Å²) in [5.41, 5.74) is 2.71. The van der Waals surface area contributed by atoms with Crippen LogP contribution in [-0.2, 0) is 0 Å². The van der Waals surface area contributed by atoms with Crippen molar-refractivity contribution in [2.75, 3.05) is 0 Å². The molecule has 1 fully saturated rings. The van der Waals surface area contributed by atoms with Gasteiger partial charge in [-0.15, -0.1) is 0 Å². The second-order valence-electron chi connectivity index (χ2n) is 4.16. The topological polar surface area (TPSA) is 12.0 Å². The molecule has 1 aliphatic heterocycles. The monoisotopic (exact) mass is 161 g/mol. The zero-order valence-corrected chi connectivity index (χ0v) is 7.72. The molecule has 0 amide bonds. The Labute approximate surface area is 73.9 Å². The van der Waals surface area contributed by atoms with Gasteiger partial charge < -0.3 is 5.32 Å². The van der Waals surface area contributed by atoms with Crippen LogP contribution < -0.4 is 5.32 Å². The molecule has 2 rings (SSSR count). The molecule has 1 nitrogen and oxygen atoms in total. The minimum absolute atomic E-state index is 0.219. The lowest BCUT2D eigenvalue weighted by Gasteiger charge is -2.26. The summed E-state index contributed by atoms with van der Waals surface area (Å²) in [7, 11) is 0. The normalized spacial score (nSPS) is 31.0. The van der Waals surface area contributed by atoms with Crippen LogP contribution in [0.3, 0.4) is 0 Å². The van der Waals surface area contributed by atoms with E-state index in [4.69, 9.17) is 0 Å². The Morgan fingerprint density at radius 3 is 3.00 bits per heavy atom. The van der Waals surface area contributed by atoms with Gasteiger partial charge in [0, 0.05) is 22.7 Å². The Bertz CT molecular complexity index is 281. The van der Waals surface area contributed by atoms with Gasteiger partial charge in [0.25, 0.3) is 0 Å². The molecule has 1 aliphatic carbocycles. The van der Waals surface area contributed by atoms with Crippen LogP contribution in [0.1, 0.15) is 20.3 Å². The molecule has 0 bridgehead atoms. The van der Waals surface area contributed by atoms with E-state index in [0.717, 1.165) is 12.1 Å². The van der Waals surface area contributed by atoms with Gasteiger partial charge in [0.2, 0.25) is 0 Å². The maximum atomic E-state index is 4.05. The van der Waals surface area contributed by atoms with Gasteiger partial charge in [-0.05, 0) is 12.5 Å². The lowest BCUT2D eigenvalue weighted by molar-refractivity contribution is 0.343. The first-order valence-corrected chi connectivity index (χ1v) is 4.45. The third-order valence-corrected chi connectivity index (χ3v) is 3.10. The van der Waals surface area contributed by atoms with Crippen LogP contribution in [0.25, 0.3) is 0 Å². The molecule has 1 N–H and O–H groups in total. The van der Waals surface area contributed by atoms with E-state index >= 15 is 0 Å². The van der Waals surface area contributed by atoms with Crippen LogP contribution in [0.15, 0.2) is 36.2 Å². The van der Waals surface area contributed by atoms with E-state index in [1.807, 2.05) is 0 Å². The zero-order chi connectivity index (χ0) is 8.77. The fourth-order valence-corrected chi connectivity index (χ4v) is 1.99. The zero-order valence-electron chi connectivity index (χ0n) is 7.72. The Balaban J connectivity index is 2.39. The summed E-state index contributed by atoms with van der Waals surface area (Å²) >= 11 is 0. The van der Waals surface area contributed by atoms with Crippen molar-refractivity contribution in [1.82, 2.24) is 5.32 Å². The predicted octanol–water partition coefficient (Wildman–Crippen LogP) is 2.59. The predicted molar refractivity (Wildman–Crippen MR) is 51.4 cm³/mol.